The number of aromatic nitrogens is 1. The highest BCUT2D eigenvalue weighted by Crippen LogP contribution is 2.34. The number of thiazole rings is 1. The largest absolute Gasteiger partial charge is 0.458 e. The second kappa shape index (κ2) is 5.83. The Bertz CT molecular complexity index is 757. The zero-order chi connectivity index (χ0) is 14.8. The zero-order valence-electron chi connectivity index (χ0n) is 11.7. The summed E-state index contributed by atoms with van der Waals surface area (Å²) in [5.41, 5.74) is 2.01. The summed E-state index contributed by atoms with van der Waals surface area (Å²) in [7, 11) is 0. The Morgan fingerprint density at radius 3 is 2.95 bits per heavy atom. The van der Waals surface area contributed by atoms with Gasteiger partial charge < -0.3 is 9.73 Å². The Hall–Kier alpha value is -1.92. The lowest BCUT2D eigenvalue weighted by Gasteiger charge is -1.97. The maximum Gasteiger partial charge on any atom is 0.217 e. The van der Waals surface area contributed by atoms with Crippen molar-refractivity contribution in [1.29, 1.82) is 0 Å². The van der Waals surface area contributed by atoms with E-state index in [1.54, 1.807) is 22.7 Å². The summed E-state index contributed by atoms with van der Waals surface area (Å²) in [6.07, 6.45) is 0. The molecule has 0 fully saturated rings. The number of rotatable bonds is 4. The van der Waals surface area contributed by atoms with Gasteiger partial charge in [-0.15, -0.1) is 11.3 Å². The maximum absolute atomic E-state index is 10.9. The van der Waals surface area contributed by atoms with E-state index in [0.717, 1.165) is 32.7 Å². The topological polar surface area (TPSA) is 55.1 Å². The molecule has 0 aliphatic rings. The van der Waals surface area contributed by atoms with Gasteiger partial charge in [-0.05, 0) is 30.5 Å². The van der Waals surface area contributed by atoms with Crippen molar-refractivity contribution in [2.75, 3.05) is 0 Å². The van der Waals surface area contributed by atoms with Crippen molar-refractivity contribution >= 4 is 28.6 Å². The SMILES string of the molecule is CC(=O)NCc1ccc(-c2nc(-c3ccsc3)sc2C)o1. The summed E-state index contributed by atoms with van der Waals surface area (Å²) in [5, 5.41) is 7.86. The van der Waals surface area contributed by atoms with E-state index in [2.05, 4.69) is 21.7 Å². The van der Waals surface area contributed by atoms with Crippen molar-refractivity contribution in [3.05, 3.63) is 39.6 Å². The number of nitrogens with one attached hydrogen (secondary N) is 1. The van der Waals surface area contributed by atoms with E-state index < -0.39 is 0 Å². The van der Waals surface area contributed by atoms with Gasteiger partial charge in [0.05, 0.1) is 6.54 Å². The predicted octanol–water partition coefficient (Wildman–Crippen LogP) is 4.08. The number of furan rings is 1. The molecule has 0 aliphatic carbocycles. The van der Waals surface area contributed by atoms with Gasteiger partial charge >= 0.3 is 0 Å². The second-order valence-corrected chi connectivity index (χ2v) is 6.59. The highest BCUT2D eigenvalue weighted by Gasteiger charge is 2.14. The molecular weight excluding hydrogens is 304 g/mol. The smallest absolute Gasteiger partial charge is 0.217 e. The van der Waals surface area contributed by atoms with Crippen molar-refractivity contribution < 1.29 is 9.21 Å². The van der Waals surface area contributed by atoms with E-state index in [1.807, 2.05) is 24.4 Å². The van der Waals surface area contributed by atoms with Crippen LogP contribution in [0, 0.1) is 6.92 Å². The van der Waals surface area contributed by atoms with Gasteiger partial charge in [0.2, 0.25) is 5.91 Å². The third-order valence-electron chi connectivity index (χ3n) is 2.97. The summed E-state index contributed by atoms with van der Waals surface area (Å²) in [5.74, 6) is 1.40. The standard InChI is InChI=1S/C15H14N2O2S2/c1-9-14(17-15(21-9)11-5-6-20-8-11)13-4-3-12(19-13)7-16-10(2)18/h3-6,8H,7H2,1-2H3,(H,16,18). The van der Waals surface area contributed by atoms with Crippen LogP contribution in [0.25, 0.3) is 22.0 Å². The second-order valence-electron chi connectivity index (χ2n) is 4.61. The minimum atomic E-state index is -0.0717. The molecule has 1 N–H and O–H groups in total. The van der Waals surface area contributed by atoms with Gasteiger partial charge in [0.1, 0.15) is 16.5 Å². The number of carbonyl (C=O) groups is 1. The summed E-state index contributed by atoms with van der Waals surface area (Å²) in [6, 6.07) is 5.84. The lowest BCUT2D eigenvalue weighted by Crippen LogP contribution is -2.18. The molecule has 108 valence electrons. The van der Waals surface area contributed by atoms with Gasteiger partial charge in [-0.25, -0.2) is 4.98 Å². The van der Waals surface area contributed by atoms with Gasteiger partial charge in [-0.1, -0.05) is 0 Å². The molecule has 3 aromatic heterocycles. The normalized spacial score (nSPS) is 10.8. The Kier molecular flexibility index (Phi) is 3.90. The fourth-order valence-corrected chi connectivity index (χ4v) is 3.58. The Balaban J connectivity index is 1.85. The van der Waals surface area contributed by atoms with Crippen molar-refractivity contribution in [2.45, 2.75) is 20.4 Å². The zero-order valence-corrected chi connectivity index (χ0v) is 13.3. The Morgan fingerprint density at radius 2 is 2.24 bits per heavy atom. The van der Waals surface area contributed by atoms with Crippen LogP contribution in [-0.2, 0) is 11.3 Å². The average molecular weight is 318 g/mol. The highest BCUT2D eigenvalue weighted by atomic mass is 32.1. The lowest BCUT2D eigenvalue weighted by molar-refractivity contribution is -0.119. The summed E-state index contributed by atoms with van der Waals surface area (Å²) >= 11 is 3.32. The van der Waals surface area contributed by atoms with Crippen LogP contribution >= 0.6 is 22.7 Å². The number of carbonyl (C=O) groups excluding carboxylic acids is 1. The van der Waals surface area contributed by atoms with E-state index >= 15 is 0 Å². The van der Waals surface area contributed by atoms with Gasteiger partial charge in [-0.3, -0.25) is 4.79 Å². The first-order valence-electron chi connectivity index (χ1n) is 6.47. The van der Waals surface area contributed by atoms with Crippen LogP contribution in [0.1, 0.15) is 17.6 Å². The number of hydrogen-bond donors (Lipinski definition) is 1. The molecule has 21 heavy (non-hydrogen) atoms. The third-order valence-corrected chi connectivity index (χ3v) is 4.67. The molecule has 6 heteroatoms. The van der Waals surface area contributed by atoms with E-state index in [1.165, 1.54) is 6.92 Å². The number of aryl methyl sites for hydroxylation is 1. The molecule has 0 bridgehead atoms. The number of nitrogens with zero attached hydrogens (tertiary/aromatic N) is 1. The molecule has 0 spiro atoms. The van der Waals surface area contributed by atoms with Crippen molar-refractivity contribution in [3.63, 3.8) is 0 Å². The molecule has 3 rings (SSSR count). The Labute approximate surface area is 130 Å². The molecule has 4 nitrogen and oxygen atoms in total. The monoisotopic (exact) mass is 318 g/mol. The molecule has 0 aliphatic heterocycles. The Morgan fingerprint density at radius 1 is 1.38 bits per heavy atom. The number of amides is 1. The predicted molar refractivity (Wildman–Crippen MR) is 85.4 cm³/mol. The summed E-state index contributed by atoms with van der Waals surface area (Å²) in [4.78, 5) is 16.7. The van der Waals surface area contributed by atoms with Crippen LogP contribution < -0.4 is 5.32 Å². The molecule has 1 amide bonds. The van der Waals surface area contributed by atoms with Gasteiger partial charge in [0, 0.05) is 22.7 Å². The molecule has 0 radical (unpaired) electrons. The van der Waals surface area contributed by atoms with Crippen molar-refractivity contribution in [3.8, 4) is 22.0 Å². The van der Waals surface area contributed by atoms with E-state index in [-0.39, 0.29) is 5.91 Å². The molecule has 3 aromatic rings. The summed E-state index contributed by atoms with van der Waals surface area (Å²) in [6.45, 7) is 3.93. The van der Waals surface area contributed by atoms with Crippen LogP contribution in [0.3, 0.4) is 0 Å². The minimum absolute atomic E-state index is 0.0717. The number of hydrogen-bond acceptors (Lipinski definition) is 5. The fraction of sp³-hybridized carbons (Fsp3) is 0.200. The van der Waals surface area contributed by atoms with Crippen molar-refractivity contribution in [1.82, 2.24) is 10.3 Å². The van der Waals surface area contributed by atoms with Crippen LogP contribution in [-0.4, -0.2) is 10.9 Å². The third kappa shape index (κ3) is 3.06. The maximum atomic E-state index is 10.9. The molecule has 0 aromatic carbocycles. The van der Waals surface area contributed by atoms with Gasteiger partial charge in [0.15, 0.2) is 5.76 Å². The lowest BCUT2D eigenvalue weighted by atomic mass is 10.3. The highest BCUT2D eigenvalue weighted by molar-refractivity contribution is 7.16. The molecule has 0 atom stereocenters. The van der Waals surface area contributed by atoms with Gasteiger partial charge in [-0.2, -0.15) is 11.3 Å². The first kappa shape index (κ1) is 14.0. The average Bonchev–Trinajstić information content (AvgIpc) is 3.16. The molecule has 3 heterocycles. The van der Waals surface area contributed by atoms with Crippen LogP contribution in [0.2, 0.25) is 0 Å². The van der Waals surface area contributed by atoms with Crippen LogP contribution in [0.5, 0.6) is 0 Å². The quantitative estimate of drug-likeness (QED) is 0.788. The molecular formula is C15H14N2O2S2. The van der Waals surface area contributed by atoms with E-state index in [4.69, 9.17) is 4.42 Å². The summed E-state index contributed by atoms with van der Waals surface area (Å²) < 4.78 is 5.76. The minimum Gasteiger partial charge on any atom is -0.458 e. The van der Waals surface area contributed by atoms with Gasteiger partial charge in [0.25, 0.3) is 0 Å². The fourth-order valence-electron chi connectivity index (χ4n) is 1.95. The molecule has 0 saturated carbocycles. The number of thiophene rings is 1. The van der Waals surface area contributed by atoms with Crippen LogP contribution in [0.15, 0.2) is 33.4 Å². The van der Waals surface area contributed by atoms with E-state index in [0.29, 0.717) is 6.54 Å². The molecule has 0 unspecified atom stereocenters. The van der Waals surface area contributed by atoms with E-state index in [9.17, 15) is 4.79 Å². The molecule has 0 saturated heterocycles. The van der Waals surface area contributed by atoms with Crippen molar-refractivity contribution in [2.24, 2.45) is 0 Å². The van der Waals surface area contributed by atoms with Crippen LogP contribution in [0.4, 0.5) is 0 Å². The first-order chi connectivity index (χ1) is 10.1. The first-order valence-corrected chi connectivity index (χ1v) is 8.23.